The zero-order chi connectivity index (χ0) is 20.7. The largest absolute Gasteiger partial charge is 0.484 e. The number of anilines is 1. The van der Waals surface area contributed by atoms with E-state index in [0.29, 0.717) is 12.5 Å². The Bertz CT molecular complexity index is 811. The number of nitrogens with zero attached hydrogens (tertiary/aromatic N) is 2. The number of para-hydroxylation sites is 1. The Balaban J connectivity index is 1.49. The summed E-state index contributed by atoms with van der Waals surface area (Å²) in [6.07, 6.45) is -3.36. The van der Waals surface area contributed by atoms with Crippen molar-refractivity contribution < 1.29 is 17.9 Å². The summed E-state index contributed by atoms with van der Waals surface area (Å²) in [7, 11) is 1.70. The summed E-state index contributed by atoms with van der Waals surface area (Å²) >= 11 is 0. The highest BCUT2D eigenvalue weighted by Gasteiger charge is 2.28. The van der Waals surface area contributed by atoms with Gasteiger partial charge < -0.3 is 20.3 Å². The maximum absolute atomic E-state index is 12.3. The van der Waals surface area contributed by atoms with E-state index in [4.69, 9.17) is 4.74 Å². The molecule has 0 bridgehead atoms. The van der Waals surface area contributed by atoms with Crippen molar-refractivity contribution >= 4 is 11.6 Å². The molecule has 5 nitrogen and oxygen atoms in total. The molecule has 0 spiro atoms. The predicted molar refractivity (Wildman–Crippen MR) is 108 cm³/mol. The highest BCUT2D eigenvalue weighted by molar-refractivity contribution is 5.80. The van der Waals surface area contributed by atoms with Gasteiger partial charge in [-0.1, -0.05) is 30.3 Å². The van der Waals surface area contributed by atoms with Crippen LogP contribution in [0.25, 0.3) is 0 Å². The average Bonchev–Trinajstić information content (AvgIpc) is 3.18. The van der Waals surface area contributed by atoms with Gasteiger partial charge >= 0.3 is 6.18 Å². The number of nitrogens with one attached hydrogen (secondary N) is 2. The van der Waals surface area contributed by atoms with Crippen molar-refractivity contribution in [2.24, 2.45) is 4.99 Å². The second kappa shape index (κ2) is 9.54. The van der Waals surface area contributed by atoms with Gasteiger partial charge in [-0.2, -0.15) is 13.2 Å². The number of hydrogen-bond donors (Lipinski definition) is 2. The van der Waals surface area contributed by atoms with Crippen molar-refractivity contribution in [3.8, 4) is 5.75 Å². The molecule has 1 aliphatic heterocycles. The zero-order valence-corrected chi connectivity index (χ0v) is 16.2. The highest BCUT2D eigenvalue weighted by atomic mass is 19.4. The molecule has 1 saturated heterocycles. The van der Waals surface area contributed by atoms with Crippen LogP contribution in [0.2, 0.25) is 0 Å². The fraction of sp³-hybridized carbons (Fsp3) is 0.381. The summed E-state index contributed by atoms with van der Waals surface area (Å²) < 4.78 is 41.7. The van der Waals surface area contributed by atoms with Crippen LogP contribution in [0.1, 0.15) is 12.0 Å². The van der Waals surface area contributed by atoms with E-state index in [2.05, 4.69) is 32.7 Å². The van der Waals surface area contributed by atoms with E-state index in [0.717, 1.165) is 25.1 Å². The summed E-state index contributed by atoms with van der Waals surface area (Å²) in [4.78, 5) is 6.58. The van der Waals surface area contributed by atoms with Crippen LogP contribution >= 0.6 is 0 Å². The summed E-state index contributed by atoms with van der Waals surface area (Å²) in [6.45, 7) is 0.980. The molecule has 1 fully saturated rings. The van der Waals surface area contributed by atoms with Crippen molar-refractivity contribution in [1.29, 1.82) is 0 Å². The molecule has 29 heavy (non-hydrogen) atoms. The van der Waals surface area contributed by atoms with E-state index in [1.807, 2.05) is 24.3 Å². The van der Waals surface area contributed by atoms with E-state index in [-0.39, 0.29) is 11.8 Å². The number of halogens is 3. The quantitative estimate of drug-likeness (QED) is 0.569. The number of hydrogen-bond acceptors (Lipinski definition) is 3. The molecule has 2 aromatic rings. The summed E-state index contributed by atoms with van der Waals surface area (Å²) in [5, 5.41) is 6.62. The van der Waals surface area contributed by atoms with Crippen molar-refractivity contribution in [1.82, 2.24) is 10.6 Å². The Morgan fingerprint density at radius 3 is 2.69 bits per heavy atom. The van der Waals surface area contributed by atoms with Crippen LogP contribution in [-0.4, -0.2) is 44.9 Å². The number of alkyl halides is 3. The Labute approximate surface area is 168 Å². The Morgan fingerprint density at radius 2 is 1.97 bits per heavy atom. The minimum absolute atomic E-state index is 0.193. The summed E-state index contributed by atoms with van der Waals surface area (Å²) in [6, 6.07) is 17.1. The SMILES string of the molecule is CN=C(NCc1cccc(OCC(F)(F)F)c1)NC1CCN(c2ccccc2)C1. The van der Waals surface area contributed by atoms with Crippen molar-refractivity contribution in [3.05, 3.63) is 60.2 Å². The standard InChI is InChI=1S/C21H25F3N4O/c1-25-20(27-17-10-11-28(14-17)18-7-3-2-4-8-18)26-13-16-6-5-9-19(12-16)29-15-21(22,23)24/h2-9,12,17H,10-11,13-15H2,1H3,(H2,25,26,27). The van der Waals surface area contributed by atoms with Crippen LogP contribution < -0.4 is 20.3 Å². The second-order valence-electron chi connectivity index (χ2n) is 6.89. The van der Waals surface area contributed by atoms with E-state index in [1.165, 1.54) is 11.8 Å². The van der Waals surface area contributed by atoms with E-state index >= 15 is 0 Å². The molecular weight excluding hydrogens is 381 g/mol. The monoisotopic (exact) mass is 406 g/mol. The predicted octanol–water partition coefficient (Wildman–Crippen LogP) is 3.57. The highest BCUT2D eigenvalue weighted by Crippen LogP contribution is 2.20. The van der Waals surface area contributed by atoms with E-state index in [1.54, 1.807) is 19.2 Å². The molecule has 8 heteroatoms. The van der Waals surface area contributed by atoms with Gasteiger partial charge in [-0.25, -0.2) is 0 Å². The van der Waals surface area contributed by atoms with E-state index < -0.39 is 12.8 Å². The molecule has 2 N–H and O–H groups in total. The third-order valence-electron chi connectivity index (χ3n) is 4.63. The number of aliphatic imine (C=N–C) groups is 1. The van der Waals surface area contributed by atoms with Gasteiger partial charge in [0.1, 0.15) is 5.75 Å². The molecule has 1 aliphatic rings. The molecule has 1 heterocycles. The van der Waals surface area contributed by atoms with Crippen LogP contribution in [-0.2, 0) is 6.54 Å². The summed E-state index contributed by atoms with van der Waals surface area (Å²) in [5.74, 6) is 0.852. The smallest absolute Gasteiger partial charge is 0.422 e. The lowest BCUT2D eigenvalue weighted by Crippen LogP contribution is -2.44. The molecular formula is C21H25F3N4O. The lowest BCUT2D eigenvalue weighted by molar-refractivity contribution is -0.153. The molecule has 0 amide bonds. The topological polar surface area (TPSA) is 48.9 Å². The van der Waals surface area contributed by atoms with Crippen LogP contribution in [0.4, 0.5) is 18.9 Å². The second-order valence-corrected chi connectivity index (χ2v) is 6.89. The first-order chi connectivity index (χ1) is 13.9. The Hall–Kier alpha value is -2.90. The Kier molecular flexibility index (Phi) is 6.85. The van der Waals surface area contributed by atoms with Gasteiger partial charge in [0.15, 0.2) is 12.6 Å². The van der Waals surface area contributed by atoms with Gasteiger partial charge in [0.25, 0.3) is 0 Å². The molecule has 0 aliphatic carbocycles. The van der Waals surface area contributed by atoms with Crippen molar-refractivity contribution in [3.63, 3.8) is 0 Å². The van der Waals surface area contributed by atoms with Crippen LogP contribution in [0, 0.1) is 0 Å². The lowest BCUT2D eigenvalue weighted by atomic mass is 10.2. The molecule has 3 rings (SSSR count). The van der Waals surface area contributed by atoms with Gasteiger partial charge in [-0.05, 0) is 36.2 Å². The number of ether oxygens (including phenoxy) is 1. The van der Waals surface area contributed by atoms with Gasteiger partial charge in [0, 0.05) is 38.4 Å². The summed E-state index contributed by atoms with van der Waals surface area (Å²) in [5.41, 5.74) is 2.01. The van der Waals surface area contributed by atoms with Gasteiger partial charge in [0.2, 0.25) is 0 Å². The molecule has 1 atom stereocenters. The molecule has 1 unspecified atom stereocenters. The molecule has 156 valence electrons. The molecule has 0 saturated carbocycles. The minimum atomic E-state index is -4.35. The van der Waals surface area contributed by atoms with Crippen LogP contribution in [0.15, 0.2) is 59.6 Å². The minimum Gasteiger partial charge on any atom is -0.484 e. The first-order valence-electron chi connectivity index (χ1n) is 9.48. The first-order valence-corrected chi connectivity index (χ1v) is 9.48. The normalized spacial score (nSPS) is 17.3. The number of guanidine groups is 1. The third-order valence-corrected chi connectivity index (χ3v) is 4.63. The van der Waals surface area contributed by atoms with Crippen molar-refractivity contribution in [2.75, 3.05) is 31.6 Å². The maximum atomic E-state index is 12.3. The van der Waals surface area contributed by atoms with Gasteiger partial charge in [0.05, 0.1) is 0 Å². The van der Waals surface area contributed by atoms with Gasteiger partial charge in [-0.3, -0.25) is 4.99 Å². The molecule has 2 aromatic carbocycles. The fourth-order valence-electron chi connectivity index (χ4n) is 3.24. The van der Waals surface area contributed by atoms with Gasteiger partial charge in [-0.15, -0.1) is 0 Å². The average molecular weight is 406 g/mol. The Morgan fingerprint density at radius 1 is 1.17 bits per heavy atom. The maximum Gasteiger partial charge on any atom is 0.422 e. The first kappa shape index (κ1) is 20.8. The van der Waals surface area contributed by atoms with Crippen LogP contribution in [0.3, 0.4) is 0 Å². The van der Waals surface area contributed by atoms with E-state index in [9.17, 15) is 13.2 Å². The molecule has 0 aromatic heterocycles. The lowest BCUT2D eigenvalue weighted by Gasteiger charge is -2.20. The number of rotatable bonds is 6. The third kappa shape index (κ3) is 6.58. The number of benzene rings is 2. The van der Waals surface area contributed by atoms with Crippen LogP contribution in [0.5, 0.6) is 5.75 Å². The fourth-order valence-corrected chi connectivity index (χ4v) is 3.24. The zero-order valence-electron chi connectivity index (χ0n) is 16.2. The molecule has 0 radical (unpaired) electrons. The van der Waals surface area contributed by atoms with Crippen molar-refractivity contribution in [2.45, 2.75) is 25.2 Å².